The molecule has 0 saturated carbocycles. The maximum absolute atomic E-state index is 12.2. The molecule has 1 aromatic heterocycles. The number of thiazole rings is 1. The number of likely N-dealkylation sites (tertiary alicyclic amines) is 1. The highest BCUT2D eigenvalue weighted by Gasteiger charge is 2.32. The van der Waals surface area contributed by atoms with Crippen LogP contribution in [0.2, 0.25) is 0 Å². The lowest BCUT2D eigenvalue weighted by Crippen LogP contribution is -2.41. The number of urea groups is 1. The van der Waals surface area contributed by atoms with Crippen molar-refractivity contribution in [2.24, 2.45) is 0 Å². The highest BCUT2D eigenvalue weighted by atomic mass is 32.1. The Kier molecular flexibility index (Phi) is 4.24. The van der Waals surface area contributed by atoms with Gasteiger partial charge in [-0.05, 0) is 25.0 Å². The zero-order chi connectivity index (χ0) is 15.5. The van der Waals surface area contributed by atoms with E-state index in [4.69, 9.17) is 0 Å². The first kappa shape index (κ1) is 14.8. The topological polar surface area (TPSA) is 71.5 Å². The van der Waals surface area contributed by atoms with E-state index in [1.165, 1.54) is 7.11 Å². The minimum Gasteiger partial charge on any atom is -0.468 e. The van der Waals surface area contributed by atoms with Gasteiger partial charge in [0.15, 0.2) is 0 Å². The van der Waals surface area contributed by atoms with Gasteiger partial charge in [-0.2, -0.15) is 0 Å². The summed E-state index contributed by atoms with van der Waals surface area (Å²) in [6, 6.07) is 7.70. The van der Waals surface area contributed by atoms with Crippen molar-refractivity contribution in [1.29, 1.82) is 0 Å². The van der Waals surface area contributed by atoms with Crippen molar-refractivity contribution in [2.75, 3.05) is 20.2 Å². The summed E-state index contributed by atoms with van der Waals surface area (Å²) < 4.78 is 5.66. The molecule has 3 rings (SSSR count). The molecule has 6 nitrogen and oxygen atoms in total. The molecule has 1 saturated heterocycles. The molecule has 0 aliphatic carbocycles. The van der Waals surface area contributed by atoms with Crippen molar-refractivity contribution in [2.45, 2.75) is 18.9 Å². The first-order chi connectivity index (χ1) is 10.7. The van der Waals surface area contributed by atoms with E-state index >= 15 is 0 Å². The predicted molar refractivity (Wildman–Crippen MR) is 83.7 cm³/mol. The molecule has 1 N–H and O–H groups in total. The van der Waals surface area contributed by atoms with Gasteiger partial charge in [0.05, 0.1) is 23.4 Å². The zero-order valence-corrected chi connectivity index (χ0v) is 13.1. The minimum atomic E-state index is -0.455. The summed E-state index contributed by atoms with van der Waals surface area (Å²) in [4.78, 5) is 29.8. The van der Waals surface area contributed by atoms with Crippen LogP contribution in [0.15, 0.2) is 24.3 Å². The van der Waals surface area contributed by atoms with E-state index in [-0.39, 0.29) is 18.6 Å². The lowest BCUT2D eigenvalue weighted by atomic mass is 10.2. The number of amides is 2. The fourth-order valence-corrected chi connectivity index (χ4v) is 3.74. The molecule has 0 radical (unpaired) electrons. The first-order valence-electron chi connectivity index (χ1n) is 7.16. The van der Waals surface area contributed by atoms with Gasteiger partial charge in [-0.3, -0.25) is 4.79 Å². The van der Waals surface area contributed by atoms with E-state index in [9.17, 15) is 9.59 Å². The van der Waals surface area contributed by atoms with Gasteiger partial charge in [-0.1, -0.05) is 12.1 Å². The van der Waals surface area contributed by atoms with E-state index < -0.39 is 5.97 Å². The Hall–Kier alpha value is -2.15. The number of benzene rings is 1. The lowest BCUT2D eigenvalue weighted by molar-refractivity contribution is -0.139. The molecule has 0 spiro atoms. The van der Waals surface area contributed by atoms with Crippen molar-refractivity contribution in [3.8, 4) is 0 Å². The molecular weight excluding hydrogens is 302 g/mol. The third-order valence-corrected chi connectivity index (χ3v) is 4.86. The van der Waals surface area contributed by atoms with Crippen molar-refractivity contribution in [3.05, 3.63) is 29.3 Å². The molecule has 7 heteroatoms. The number of nitrogens with zero attached hydrogens (tertiary/aromatic N) is 2. The molecule has 2 aromatic rings. The molecule has 22 heavy (non-hydrogen) atoms. The standard InChI is InChI=1S/C15H17N3O3S/c1-21-13(19)9-16-15(20)18-8-4-6-11(18)14-17-10-5-2-3-7-12(10)22-14/h2-3,5,7,11H,4,6,8-9H2,1H3,(H,16,20)/t11-/m0/s1. The zero-order valence-electron chi connectivity index (χ0n) is 12.2. The summed E-state index contributed by atoms with van der Waals surface area (Å²) in [6.45, 7) is 0.562. The van der Waals surface area contributed by atoms with Crippen LogP contribution in [-0.4, -0.2) is 42.1 Å². The van der Waals surface area contributed by atoms with Crippen molar-refractivity contribution >= 4 is 33.6 Å². The van der Waals surface area contributed by atoms with Gasteiger partial charge >= 0.3 is 12.0 Å². The van der Waals surface area contributed by atoms with Gasteiger partial charge in [0.2, 0.25) is 0 Å². The number of fused-ring (bicyclic) bond motifs is 1. The van der Waals surface area contributed by atoms with E-state index in [0.717, 1.165) is 28.1 Å². The fourth-order valence-electron chi connectivity index (χ4n) is 2.62. The van der Waals surface area contributed by atoms with Crippen molar-refractivity contribution < 1.29 is 14.3 Å². The Labute approximate surface area is 132 Å². The predicted octanol–water partition coefficient (Wildman–Crippen LogP) is 2.32. The molecule has 1 fully saturated rings. The fraction of sp³-hybridized carbons (Fsp3) is 0.400. The number of rotatable bonds is 3. The van der Waals surface area contributed by atoms with Crippen molar-refractivity contribution in [3.63, 3.8) is 0 Å². The number of esters is 1. The quantitative estimate of drug-likeness (QED) is 0.881. The average molecular weight is 319 g/mol. The smallest absolute Gasteiger partial charge is 0.325 e. The van der Waals surface area contributed by atoms with Gasteiger partial charge in [0.1, 0.15) is 11.6 Å². The summed E-state index contributed by atoms with van der Waals surface area (Å²) in [5, 5.41) is 3.55. The molecule has 1 aliphatic heterocycles. The lowest BCUT2D eigenvalue weighted by Gasteiger charge is -2.23. The van der Waals surface area contributed by atoms with Crippen LogP contribution < -0.4 is 5.32 Å². The number of methoxy groups -OCH3 is 1. The van der Waals surface area contributed by atoms with Crippen molar-refractivity contribution in [1.82, 2.24) is 15.2 Å². The van der Waals surface area contributed by atoms with Gasteiger partial charge < -0.3 is 15.0 Å². The number of hydrogen-bond donors (Lipinski definition) is 1. The highest BCUT2D eigenvalue weighted by Crippen LogP contribution is 2.36. The third kappa shape index (κ3) is 2.89. The van der Waals surface area contributed by atoms with E-state index in [0.29, 0.717) is 6.54 Å². The van der Waals surface area contributed by atoms with Crippen LogP contribution in [0, 0.1) is 0 Å². The number of nitrogens with one attached hydrogen (secondary N) is 1. The Balaban J connectivity index is 1.75. The van der Waals surface area contributed by atoms with Gasteiger partial charge in [0, 0.05) is 6.54 Å². The molecule has 116 valence electrons. The Morgan fingerprint density at radius 1 is 1.45 bits per heavy atom. The molecule has 0 bridgehead atoms. The van der Waals surface area contributed by atoms with Gasteiger partial charge in [-0.25, -0.2) is 9.78 Å². The average Bonchev–Trinajstić information content (AvgIpc) is 3.17. The molecule has 2 heterocycles. The third-order valence-electron chi connectivity index (χ3n) is 3.72. The van der Waals surface area contributed by atoms with Crippen LogP contribution in [0.1, 0.15) is 23.9 Å². The van der Waals surface area contributed by atoms with Crippen LogP contribution in [0.3, 0.4) is 0 Å². The van der Waals surface area contributed by atoms with Gasteiger partial charge in [0.25, 0.3) is 0 Å². The summed E-state index contributed by atoms with van der Waals surface area (Å²) >= 11 is 1.62. The maximum atomic E-state index is 12.2. The van der Waals surface area contributed by atoms with Crippen LogP contribution in [0.5, 0.6) is 0 Å². The number of aromatic nitrogens is 1. The second kappa shape index (κ2) is 6.31. The normalized spacial score (nSPS) is 17.7. The van der Waals surface area contributed by atoms with Crippen LogP contribution in [0.4, 0.5) is 4.79 Å². The summed E-state index contributed by atoms with van der Waals surface area (Å²) in [7, 11) is 1.30. The number of carbonyl (C=O) groups is 2. The maximum Gasteiger partial charge on any atom is 0.325 e. The number of hydrogen-bond acceptors (Lipinski definition) is 5. The van der Waals surface area contributed by atoms with Gasteiger partial charge in [-0.15, -0.1) is 11.3 Å². The molecule has 1 aromatic carbocycles. The Morgan fingerprint density at radius 3 is 3.05 bits per heavy atom. The summed E-state index contributed by atoms with van der Waals surface area (Å²) in [6.07, 6.45) is 1.83. The largest absolute Gasteiger partial charge is 0.468 e. The second-order valence-corrected chi connectivity index (χ2v) is 6.17. The van der Waals surface area contributed by atoms with Crippen LogP contribution >= 0.6 is 11.3 Å². The van der Waals surface area contributed by atoms with E-state index in [1.807, 2.05) is 24.3 Å². The second-order valence-electron chi connectivity index (χ2n) is 5.11. The van der Waals surface area contributed by atoms with E-state index in [2.05, 4.69) is 15.0 Å². The monoisotopic (exact) mass is 319 g/mol. The Morgan fingerprint density at radius 2 is 2.27 bits per heavy atom. The molecule has 0 unspecified atom stereocenters. The molecule has 1 atom stereocenters. The molecular formula is C15H17N3O3S. The number of ether oxygens (including phenoxy) is 1. The Bertz CT molecular complexity index is 667. The summed E-state index contributed by atoms with van der Waals surface area (Å²) in [5.74, 6) is -0.455. The number of para-hydroxylation sites is 1. The SMILES string of the molecule is COC(=O)CNC(=O)N1CCC[C@H]1c1nc2ccccc2s1. The molecule has 2 amide bonds. The van der Waals surface area contributed by atoms with Crippen LogP contribution in [-0.2, 0) is 9.53 Å². The molecule has 1 aliphatic rings. The van der Waals surface area contributed by atoms with Crippen LogP contribution in [0.25, 0.3) is 10.2 Å². The van der Waals surface area contributed by atoms with E-state index in [1.54, 1.807) is 16.2 Å². The highest BCUT2D eigenvalue weighted by molar-refractivity contribution is 7.18. The number of carbonyl (C=O) groups excluding carboxylic acids is 2. The summed E-state index contributed by atoms with van der Waals surface area (Å²) in [5.41, 5.74) is 0.962. The first-order valence-corrected chi connectivity index (χ1v) is 7.97. The minimum absolute atomic E-state index is 0.0185.